The molecule has 0 unspecified atom stereocenters. The standard InChI is InChI=1S/C22H18N4O3/c1-28-19-5-2-3-6-20(19)29-21-12-9-17(15-23-21)25-22(27)16-7-10-18(11-8-16)26-14-4-13-24-26/h2-15H,1H3,(H,25,27). The maximum absolute atomic E-state index is 12.5. The van der Waals surface area contributed by atoms with Gasteiger partial charge in [0.15, 0.2) is 11.5 Å². The topological polar surface area (TPSA) is 78.3 Å². The minimum atomic E-state index is -0.225. The molecule has 0 aliphatic rings. The minimum absolute atomic E-state index is 0.225. The van der Waals surface area contributed by atoms with Gasteiger partial charge in [-0.1, -0.05) is 12.1 Å². The largest absolute Gasteiger partial charge is 0.493 e. The molecular formula is C22H18N4O3. The minimum Gasteiger partial charge on any atom is -0.493 e. The lowest BCUT2D eigenvalue weighted by molar-refractivity contribution is 0.102. The number of para-hydroxylation sites is 2. The van der Waals surface area contributed by atoms with E-state index in [0.29, 0.717) is 28.6 Å². The van der Waals surface area contributed by atoms with Crippen LogP contribution in [0.4, 0.5) is 5.69 Å². The summed E-state index contributed by atoms with van der Waals surface area (Å²) in [7, 11) is 1.58. The van der Waals surface area contributed by atoms with Crippen molar-refractivity contribution in [2.24, 2.45) is 0 Å². The van der Waals surface area contributed by atoms with Gasteiger partial charge in [-0.25, -0.2) is 9.67 Å². The molecule has 1 N–H and O–H groups in total. The zero-order valence-electron chi connectivity index (χ0n) is 15.6. The van der Waals surface area contributed by atoms with Gasteiger partial charge in [-0.2, -0.15) is 5.10 Å². The molecule has 0 spiro atoms. The van der Waals surface area contributed by atoms with Crippen LogP contribution in [0.15, 0.2) is 85.3 Å². The second kappa shape index (κ2) is 8.26. The molecule has 29 heavy (non-hydrogen) atoms. The van der Waals surface area contributed by atoms with E-state index in [-0.39, 0.29) is 5.91 Å². The van der Waals surface area contributed by atoms with Gasteiger partial charge in [0.05, 0.1) is 24.7 Å². The van der Waals surface area contributed by atoms with Crippen molar-refractivity contribution >= 4 is 11.6 Å². The van der Waals surface area contributed by atoms with Crippen molar-refractivity contribution in [3.63, 3.8) is 0 Å². The third-order valence-electron chi connectivity index (χ3n) is 4.18. The summed E-state index contributed by atoms with van der Waals surface area (Å²) >= 11 is 0. The number of carbonyl (C=O) groups is 1. The van der Waals surface area contributed by atoms with Gasteiger partial charge in [0.25, 0.3) is 5.91 Å². The molecule has 0 atom stereocenters. The van der Waals surface area contributed by atoms with E-state index in [1.54, 1.807) is 54.5 Å². The second-order valence-corrected chi connectivity index (χ2v) is 6.09. The number of hydrogen-bond donors (Lipinski definition) is 1. The highest BCUT2D eigenvalue weighted by Crippen LogP contribution is 2.30. The van der Waals surface area contributed by atoms with Crippen molar-refractivity contribution in [2.75, 3.05) is 12.4 Å². The first-order chi connectivity index (χ1) is 14.2. The maximum atomic E-state index is 12.5. The number of amides is 1. The molecule has 0 radical (unpaired) electrons. The molecule has 2 heterocycles. The van der Waals surface area contributed by atoms with Gasteiger partial charge in [0.1, 0.15) is 0 Å². The molecule has 4 rings (SSSR count). The Labute approximate surface area is 167 Å². The van der Waals surface area contributed by atoms with E-state index in [0.717, 1.165) is 5.69 Å². The summed E-state index contributed by atoms with van der Waals surface area (Å²) in [6.45, 7) is 0. The average molecular weight is 386 g/mol. The Balaban J connectivity index is 1.41. The van der Waals surface area contributed by atoms with Gasteiger partial charge in [-0.3, -0.25) is 4.79 Å². The summed E-state index contributed by atoms with van der Waals surface area (Å²) < 4.78 is 12.7. The molecule has 1 amide bonds. The van der Waals surface area contributed by atoms with Crippen LogP contribution in [0.2, 0.25) is 0 Å². The molecule has 0 saturated carbocycles. The van der Waals surface area contributed by atoms with Gasteiger partial charge in [-0.15, -0.1) is 0 Å². The first kappa shape index (κ1) is 18.2. The highest BCUT2D eigenvalue weighted by atomic mass is 16.5. The first-order valence-electron chi connectivity index (χ1n) is 8.91. The van der Waals surface area contributed by atoms with E-state index in [1.165, 1.54) is 0 Å². The SMILES string of the molecule is COc1ccccc1Oc1ccc(NC(=O)c2ccc(-n3cccn3)cc2)cn1. The summed E-state index contributed by atoms with van der Waals surface area (Å²) in [6, 6.07) is 19.7. The molecule has 7 heteroatoms. The Morgan fingerprint density at radius 2 is 1.76 bits per heavy atom. The molecule has 0 aliphatic heterocycles. The average Bonchev–Trinajstić information content (AvgIpc) is 3.30. The Hall–Kier alpha value is -4.13. The van der Waals surface area contributed by atoms with Crippen LogP contribution < -0.4 is 14.8 Å². The monoisotopic (exact) mass is 386 g/mol. The van der Waals surface area contributed by atoms with E-state index in [4.69, 9.17) is 9.47 Å². The molecule has 2 aromatic carbocycles. The Bertz CT molecular complexity index is 1090. The molecule has 144 valence electrons. The van der Waals surface area contributed by atoms with Crippen molar-refractivity contribution in [2.45, 2.75) is 0 Å². The summed E-state index contributed by atoms with van der Waals surface area (Å²) in [5, 5.41) is 6.99. The molecule has 4 aromatic rings. The van der Waals surface area contributed by atoms with Crippen LogP contribution >= 0.6 is 0 Å². The van der Waals surface area contributed by atoms with Gasteiger partial charge < -0.3 is 14.8 Å². The number of rotatable bonds is 6. The van der Waals surface area contributed by atoms with Crippen LogP contribution in [0.25, 0.3) is 5.69 Å². The molecule has 0 saturated heterocycles. The Morgan fingerprint density at radius 1 is 0.966 bits per heavy atom. The summed E-state index contributed by atoms with van der Waals surface area (Å²) in [6.07, 6.45) is 5.09. The van der Waals surface area contributed by atoms with E-state index in [2.05, 4.69) is 15.4 Å². The highest BCUT2D eigenvalue weighted by Gasteiger charge is 2.09. The van der Waals surface area contributed by atoms with Crippen molar-refractivity contribution in [1.82, 2.24) is 14.8 Å². The highest BCUT2D eigenvalue weighted by molar-refractivity contribution is 6.04. The van der Waals surface area contributed by atoms with E-state index >= 15 is 0 Å². The third kappa shape index (κ3) is 4.24. The zero-order chi connectivity index (χ0) is 20.1. The predicted molar refractivity (Wildman–Crippen MR) is 109 cm³/mol. The van der Waals surface area contributed by atoms with Gasteiger partial charge in [0.2, 0.25) is 5.88 Å². The molecule has 0 bridgehead atoms. The lowest BCUT2D eigenvalue weighted by Crippen LogP contribution is -2.12. The van der Waals surface area contributed by atoms with Gasteiger partial charge in [-0.05, 0) is 48.5 Å². The maximum Gasteiger partial charge on any atom is 0.255 e. The molecule has 0 aliphatic carbocycles. The van der Waals surface area contributed by atoms with Crippen molar-refractivity contribution in [1.29, 1.82) is 0 Å². The number of pyridine rings is 1. The summed E-state index contributed by atoms with van der Waals surface area (Å²) in [4.78, 5) is 16.7. The number of nitrogens with one attached hydrogen (secondary N) is 1. The van der Waals surface area contributed by atoms with Crippen LogP contribution in [0.5, 0.6) is 17.4 Å². The number of hydrogen-bond acceptors (Lipinski definition) is 5. The van der Waals surface area contributed by atoms with Crippen LogP contribution in [0.1, 0.15) is 10.4 Å². The number of ether oxygens (including phenoxy) is 2. The first-order valence-corrected chi connectivity index (χ1v) is 8.91. The fraction of sp³-hybridized carbons (Fsp3) is 0.0455. The summed E-state index contributed by atoms with van der Waals surface area (Å²) in [5.41, 5.74) is 1.99. The number of benzene rings is 2. The van der Waals surface area contributed by atoms with Crippen LogP contribution in [0, 0.1) is 0 Å². The van der Waals surface area contributed by atoms with E-state index < -0.39 is 0 Å². The van der Waals surface area contributed by atoms with E-state index in [9.17, 15) is 4.79 Å². The molecular weight excluding hydrogens is 368 g/mol. The van der Waals surface area contributed by atoms with Crippen LogP contribution in [-0.4, -0.2) is 27.8 Å². The van der Waals surface area contributed by atoms with Crippen LogP contribution in [0.3, 0.4) is 0 Å². The predicted octanol–water partition coefficient (Wildman–Crippen LogP) is 4.32. The molecule has 0 fully saturated rings. The Morgan fingerprint density at radius 3 is 2.41 bits per heavy atom. The number of anilines is 1. The van der Waals surface area contributed by atoms with Crippen LogP contribution in [-0.2, 0) is 0 Å². The molecule has 7 nitrogen and oxygen atoms in total. The Kier molecular flexibility index (Phi) is 5.20. The van der Waals surface area contributed by atoms with Gasteiger partial charge >= 0.3 is 0 Å². The number of nitrogens with zero attached hydrogens (tertiary/aromatic N) is 3. The van der Waals surface area contributed by atoms with Gasteiger partial charge in [0, 0.05) is 24.0 Å². The molecule has 2 aromatic heterocycles. The van der Waals surface area contributed by atoms with Crippen molar-refractivity contribution in [3.8, 4) is 23.1 Å². The lowest BCUT2D eigenvalue weighted by atomic mass is 10.2. The summed E-state index contributed by atoms with van der Waals surface area (Å²) in [5.74, 6) is 1.36. The smallest absolute Gasteiger partial charge is 0.255 e. The zero-order valence-corrected chi connectivity index (χ0v) is 15.6. The number of carbonyl (C=O) groups excluding carboxylic acids is 1. The fourth-order valence-electron chi connectivity index (χ4n) is 2.72. The fourth-order valence-corrected chi connectivity index (χ4v) is 2.72. The number of methoxy groups -OCH3 is 1. The van der Waals surface area contributed by atoms with Crippen molar-refractivity contribution < 1.29 is 14.3 Å². The van der Waals surface area contributed by atoms with E-state index in [1.807, 2.05) is 42.6 Å². The normalized spacial score (nSPS) is 10.4. The van der Waals surface area contributed by atoms with Crippen molar-refractivity contribution in [3.05, 3.63) is 90.9 Å². The second-order valence-electron chi connectivity index (χ2n) is 6.09. The lowest BCUT2D eigenvalue weighted by Gasteiger charge is -2.10. The number of aromatic nitrogens is 3. The third-order valence-corrected chi connectivity index (χ3v) is 4.18. The quantitative estimate of drug-likeness (QED) is 0.534.